The number of amides is 1. The van der Waals surface area contributed by atoms with E-state index >= 15 is 0 Å². The summed E-state index contributed by atoms with van der Waals surface area (Å²) in [6.45, 7) is 11.0. The summed E-state index contributed by atoms with van der Waals surface area (Å²) < 4.78 is 23.5. The Morgan fingerprint density at radius 2 is 1.67 bits per heavy atom. The molecule has 0 radical (unpaired) electrons. The van der Waals surface area contributed by atoms with E-state index in [1.54, 1.807) is 26.8 Å². The number of rotatable bonds is 4. The van der Waals surface area contributed by atoms with E-state index in [4.69, 9.17) is 5.14 Å². The Labute approximate surface area is 127 Å². The number of hydrogen-bond acceptors (Lipinski definition) is 3. The summed E-state index contributed by atoms with van der Waals surface area (Å²) in [6, 6.07) is 1.68. The van der Waals surface area contributed by atoms with Crippen LogP contribution in [0.1, 0.15) is 47.8 Å². The van der Waals surface area contributed by atoms with Gasteiger partial charge < -0.3 is 5.32 Å². The number of primary sulfonamides is 1. The van der Waals surface area contributed by atoms with Gasteiger partial charge in [-0.05, 0) is 50.3 Å². The molecule has 0 bridgehead atoms. The summed E-state index contributed by atoms with van der Waals surface area (Å²) in [7, 11) is -3.86. The van der Waals surface area contributed by atoms with Crippen molar-refractivity contribution in [3.63, 3.8) is 0 Å². The predicted molar refractivity (Wildman–Crippen MR) is 83.8 cm³/mol. The van der Waals surface area contributed by atoms with Crippen molar-refractivity contribution >= 4 is 15.9 Å². The Bertz CT molecular complexity index is 664. The lowest BCUT2D eigenvalue weighted by molar-refractivity contribution is 0.0929. The molecule has 0 saturated heterocycles. The van der Waals surface area contributed by atoms with Crippen molar-refractivity contribution in [2.24, 2.45) is 11.1 Å². The van der Waals surface area contributed by atoms with Gasteiger partial charge in [0.1, 0.15) is 0 Å². The van der Waals surface area contributed by atoms with Crippen molar-refractivity contribution in [3.05, 3.63) is 28.3 Å². The minimum absolute atomic E-state index is 0.00413. The molecule has 0 spiro atoms. The SMILES string of the molecule is Cc1cc(C)c(S(N)(=O)=O)c(C)c1C(=O)NC(C)C(C)C. The maximum Gasteiger partial charge on any atom is 0.252 e. The van der Waals surface area contributed by atoms with Gasteiger partial charge in [0.05, 0.1) is 4.90 Å². The van der Waals surface area contributed by atoms with E-state index in [-0.39, 0.29) is 22.8 Å². The molecule has 118 valence electrons. The van der Waals surface area contributed by atoms with Crippen LogP contribution in [0.25, 0.3) is 0 Å². The fourth-order valence-electron chi connectivity index (χ4n) is 2.40. The number of hydrogen-bond donors (Lipinski definition) is 2. The van der Waals surface area contributed by atoms with E-state index in [0.717, 1.165) is 5.56 Å². The molecule has 21 heavy (non-hydrogen) atoms. The minimum atomic E-state index is -3.86. The summed E-state index contributed by atoms with van der Waals surface area (Å²) in [4.78, 5) is 12.5. The quantitative estimate of drug-likeness (QED) is 0.891. The van der Waals surface area contributed by atoms with Crippen LogP contribution in [0.5, 0.6) is 0 Å². The zero-order valence-corrected chi connectivity index (χ0v) is 14.3. The monoisotopic (exact) mass is 312 g/mol. The maximum atomic E-state index is 12.4. The Kier molecular flexibility index (Phi) is 5.17. The molecule has 6 heteroatoms. The lowest BCUT2D eigenvalue weighted by Crippen LogP contribution is -2.37. The highest BCUT2D eigenvalue weighted by Gasteiger charge is 2.23. The highest BCUT2D eigenvalue weighted by molar-refractivity contribution is 7.89. The van der Waals surface area contributed by atoms with Crippen LogP contribution in [0.2, 0.25) is 0 Å². The second-order valence-corrected chi connectivity index (χ2v) is 7.39. The highest BCUT2D eigenvalue weighted by atomic mass is 32.2. The zero-order valence-electron chi connectivity index (χ0n) is 13.4. The molecule has 1 aromatic rings. The summed E-state index contributed by atoms with van der Waals surface area (Å²) in [5, 5.41) is 8.17. The summed E-state index contributed by atoms with van der Waals surface area (Å²) >= 11 is 0. The summed E-state index contributed by atoms with van der Waals surface area (Å²) in [6.07, 6.45) is 0. The molecule has 1 aromatic carbocycles. The van der Waals surface area contributed by atoms with Crippen LogP contribution in [0.3, 0.4) is 0 Å². The minimum Gasteiger partial charge on any atom is -0.349 e. The average molecular weight is 312 g/mol. The van der Waals surface area contributed by atoms with E-state index in [1.807, 2.05) is 20.8 Å². The first kappa shape index (κ1) is 17.7. The molecular weight excluding hydrogens is 288 g/mol. The molecule has 5 nitrogen and oxygen atoms in total. The highest BCUT2D eigenvalue weighted by Crippen LogP contribution is 2.25. The first-order valence-electron chi connectivity index (χ1n) is 6.91. The van der Waals surface area contributed by atoms with E-state index < -0.39 is 10.0 Å². The molecule has 1 amide bonds. The number of carbonyl (C=O) groups excluding carboxylic acids is 1. The number of carbonyl (C=O) groups is 1. The molecule has 0 aliphatic heterocycles. The van der Waals surface area contributed by atoms with E-state index in [2.05, 4.69) is 5.32 Å². The number of benzene rings is 1. The molecule has 3 N–H and O–H groups in total. The van der Waals surface area contributed by atoms with Crippen molar-refractivity contribution in [2.75, 3.05) is 0 Å². The normalized spacial score (nSPS) is 13.3. The van der Waals surface area contributed by atoms with Crippen LogP contribution in [0.15, 0.2) is 11.0 Å². The number of nitrogens with one attached hydrogen (secondary N) is 1. The van der Waals surface area contributed by atoms with Gasteiger partial charge in [-0.15, -0.1) is 0 Å². The van der Waals surface area contributed by atoms with Crippen molar-refractivity contribution < 1.29 is 13.2 Å². The fourth-order valence-corrected chi connectivity index (χ4v) is 3.44. The van der Waals surface area contributed by atoms with Crippen molar-refractivity contribution in [1.82, 2.24) is 5.32 Å². The van der Waals surface area contributed by atoms with Crippen LogP contribution < -0.4 is 10.5 Å². The van der Waals surface area contributed by atoms with Crippen LogP contribution in [-0.2, 0) is 10.0 Å². The standard InChI is InChI=1S/C15H24N2O3S/c1-8(2)12(6)17-15(18)13-9(3)7-10(4)14(11(13)5)21(16,19)20/h7-8,12H,1-6H3,(H,17,18)(H2,16,19,20). The first-order valence-corrected chi connectivity index (χ1v) is 8.46. The molecule has 1 atom stereocenters. The number of sulfonamides is 1. The van der Waals surface area contributed by atoms with Crippen LogP contribution in [0.4, 0.5) is 0 Å². The first-order chi connectivity index (χ1) is 9.46. The van der Waals surface area contributed by atoms with Gasteiger partial charge in [0.25, 0.3) is 5.91 Å². The van der Waals surface area contributed by atoms with Crippen molar-refractivity contribution in [3.8, 4) is 0 Å². The topological polar surface area (TPSA) is 89.3 Å². The van der Waals surface area contributed by atoms with E-state index in [9.17, 15) is 13.2 Å². The third kappa shape index (κ3) is 3.83. The van der Waals surface area contributed by atoms with E-state index in [0.29, 0.717) is 16.7 Å². The fraction of sp³-hybridized carbons (Fsp3) is 0.533. The smallest absolute Gasteiger partial charge is 0.252 e. The second-order valence-electron chi connectivity index (χ2n) is 5.89. The number of aryl methyl sites for hydroxylation is 2. The average Bonchev–Trinajstić information content (AvgIpc) is 2.25. The van der Waals surface area contributed by atoms with E-state index in [1.165, 1.54) is 0 Å². The van der Waals surface area contributed by atoms with Gasteiger partial charge in [0.15, 0.2) is 0 Å². The summed E-state index contributed by atoms with van der Waals surface area (Å²) in [5.41, 5.74) is 2.09. The molecule has 0 aliphatic carbocycles. The Morgan fingerprint density at radius 1 is 1.14 bits per heavy atom. The predicted octanol–water partition coefficient (Wildman–Crippen LogP) is 2.03. The van der Waals surface area contributed by atoms with Gasteiger partial charge in [-0.3, -0.25) is 4.79 Å². The Balaban J connectivity index is 3.41. The van der Waals surface area contributed by atoms with Gasteiger partial charge in [-0.1, -0.05) is 19.9 Å². The van der Waals surface area contributed by atoms with Crippen molar-refractivity contribution in [1.29, 1.82) is 0 Å². The molecule has 0 aromatic heterocycles. The van der Waals surface area contributed by atoms with Crippen LogP contribution >= 0.6 is 0 Å². The lowest BCUT2D eigenvalue weighted by atomic mass is 9.98. The van der Waals surface area contributed by atoms with Gasteiger partial charge in [-0.2, -0.15) is 0 Å². The lowest BCUT2D eigenvalue weighted by Gasteiger charge is -2.20. The molecule has 0 heterocycles. The zero-order chi connectivity index (χ0) is 16.5. The second kappa shape index (κ2) is 6.15. The van der Waals surface area contributed by atoms with Crippen molar-refractivity contribution in [2.45, 2.75) is 52.5 Å². The Morgan fingerprint density at radius 3 is 2.10 bits per heavy atom. The van der Waals surface area contributed by atoms with Gasteiger partial charge in [-0.25, -0.2) is 13.6 Å². The summed E-state index contributed by atoms with van der Waals surface area (Å²) in [5.74, 6) is 0.0221. The van der Waals surface area contributed by atoms with Crippen LogP contribution in [0, 0.1) is 26.7 Å². The van der Waals surface area contributed by atoms with Gasteiger partial charge >= 0.3 is 0 Å². The third-order valence-corrected chi connectivity index (χ3v) is 4.97. The molecule has 1 unspecified atom stereocenters. The third-order valence-electron chi connectivity index (χ3n) is 3.77. The molecular formula is C15H24N2O3S. The number of nitrogens with two attached hydrogens (primary N) is 1. The molecule has 0 aliphatic rings. The molecule has 0 fully saturated rings. The molecule has 1 rings (SSSR count). The Hall–Kier alpha value is -1.40. The van der Waals surface area contributed by atoms with Crippen LogP contribution in [-0.4, -0.2) is 20.4 Å². The van der Waals surface area contributed by atoms with Gasteiger partial charge in [0, 0.05) is 11.6 Å². The molecule has 0 saturated carbocycles. The largest absolute Gasteiger partial charge is 0.349 e. The maximum absolute atomic E-state index is 12.4. The van der Waals surface area contributed by atoms with Gasteiger partial charge in [0.2, 0.25) is 10.0 Å².